The average molecular weight is 290 g/mol. The molecule has 0 bridgehead atoms. The van der Waals surface area contributed by atoms with Gasteiger partial charge in [0, 0.05) is 30.9 Å². The van der Waals surface area contributed by atoms with Crippen LogP contribution in [0.4, 0.5) is 14.5 Å². The van der Waals surface area contributed by atoms with Crippen LogP contribution in [-0.4, -0.2) is 14.1 Å². The van der Waals surface area contributed by atoms with Crippen LogP contribution in [0.5, 0.6) is 0 Å². The van der Waals surface area contributed by atoms with Crippen LogP contribution in [0.15, 0.2) is 42.5 Å². The number of nitrogens with zero attached hydrogens (tertiary/aromatic N) is 1. The van der Waals surface area contributed by atoms with E-state index in [1.54, 1.807) is 18.2 Å². The fourth-order valence-electron chi connectivity index (χ4n) is 2.34. The predicted octanol–water partition coefficient (Wildman–Crippen LogP) is 3.88. The van der Waals surface area contributed by atoms with E-state index < -0.39 is 0 Å². The fourth-order valence-corrected chi connectivity index (χ4v) is 2.34. The summed E-state index contributed by atoms with van der Waals surface area (Å²) in [7, 11) is 3.71. The minimum atomic E-state index is -0.268. The van der Waals surface area contributed by atoms with Crippen LogP contribution in [0.1, 0.15) is 24.1 Å². The van der Waals surface area contributed by atoms with Gasteiger partial charge < -0.3 is 10.2 Å². The molecule has 112 valence electrons. The molecule has 4 heteroatoms. The van der Waals surface area contributed by atoms with Crippen molar-refractivity contribution in [3.8, 4) is 0 Å². The summed E-state index contributed by atoms with van der Waals surface area (Å²) >= 11 is 0. The quantitative estimate of drug-likeness (QED) is 0.899. The summed E-state index contributed by atoms with van der Waals surface area (Å²) in [6.07, 6.45) is 0. The average Bonchev–Trinajstić information content (AvgIpc) is 2.48. The molecule has 0 aliphatic heterocycles. The van der Waals surface area contributed by atoms with Crippen molar-refractivity contribution in [1.29, 1.82) is 0 Å². The summed E-state index contributed by atoms with van der Waals surface area (Å²) in [6.45, 7) is 2.40. The Balaban J connectivity index is 2.31. The first-order chi connectivity index (χ1) is 10.0. The Kier molecular flexibility index (Phi) is 4.91. The van der Waals surface area contributed by atoms with Gasteiger partial charge in [-0.2, -0.15) is 0 Å². The summed E-state index contributed by atoms with van der Waals surface area (Å²) in [5.41, 5.74) is 2.37. The van der Waals surface area contributed by atoms with E-state index in [1.807, 2.05) is 32.0 Å². The van der Waals surface area contributed by atoms with Gasteiger partial charge in [-0.3, -0.25) is 0 Å². The minimum absolute atomic E-state index is 0.0128. The van der Waals surface area contributed by atoms with Crippen LogP contribution in [-0.2, 0) is 6.54 Å². The number of hydrogen-bond acceptors (Lipinski definition) is 2. The third kappa shape index (κ3) is 3.58. The maximum Gasteiger partial charge on any atom is 0.128 e. The second kappa shape index (κ2) is 6.68. The van der Waals surface area contributed by atoms with Gasteiger partial charge >= 0.3 is 0 Å². The molecular formula is C17H20F2N2. The van der Waals surface area contributed by atoms with Crippen molar-refractivity contribution >= 4 is 5.69 Å². The molecule has 1 unspecified atom stereocenters. The monoisotopic (exact) mass is 290 g/mol. The highest BCUT2D eigenvalue weighted by Gasteiger charge is 2.14. The highest BCUT2D eigenvalue weighted by molar-refractivity contribution is 5.55. The topological polar surface area (TPSA) is 15.3 Å². The summed E-state index contributed by atoms with van der Waals surface area (Å²) in [5, 5.41) is 3.11. The highest BCUT2D eigenvalue weighted by Crippen LogP contribution is 2.27. The number of hydrogen-bond donors (Lipinski definition) is 1. The number of halogens is 2. The normalized spacial score (nSPS) is 12.2. The molecule has 0 fully saturated rings. The lowest BCUT2D eigenvalue weighted by atomic mass is 10.0. The largest absolute Gasteiger partial charge is 0.370 e. The summed E-state index contributed by atoms with van der Waals surface area (Å²) in [6, 6.07) is 11.4. The third-order valence-corrected chi connectivity index (χ3v) is 3.67. The number of nitrogens with one attached hydrogen (secondary N) is 1. The van der Waals surface area contributed by atoms with Crippen molar-refractivity contribution in [2.75, 3.05) is 19.0 Å². The minimum Gasteiger partial charge on any atom is -0.370 e. The molecule has 0 aliphatic carbocycles. The molecule has 1 N–H and O–H groups in total. The Morgan fingerprint density at radius 2 is 1.86 bits per heavy atom. The standard InChI is InChI=1S/C17H20F2N2/c1-12(20-2)15-10-14(18)8-9-17(15)21(3)11-13-6-4-5-7-16(13)19/h4-10,12,20H,11H2,1-3H3. The number of benzene rings is 2. The van der Waals surface area contributed by atoms with E-state index in [1.165, 1.54) is 18.2 Å². The Morgan fingerprint density at radius 1 is 1.14 bits per heavy atom. The van der Waals surface area contributed by atoms with Crippen molar-refractivity contribution in [3.05, 3.63) is 65.2 Å². The van der Waals surface area contributed by atoms with E-state index in [0.717, 1.165) is 11.3 Å². The van der Waals surface area contributed by atoms with Gasteiger partial charge in [0.05, 0.1) is 0 Å². The molecular weight excluding hydrogens is 270 g/mol. The molecule has 0 spiro atoms. The van der Waals surface area contributed by atoms with Crippen LogP contribution in [0.2, 0.25) is 0 Å². The first-order valence-corrected chi connectivity index (χ1v) is 6.94. The summed E-state index contributed by atoms with van der Waals surface area (Å²) < 4.78 is 27.2. The molecule has 1 atom stereocenters. The molecule has 2 rings (SSSR count). The Labute approximate surface area is 124 Å². The molecule has 0 aromatic heterocycles. The second-order valence-electron chi connectivity index (χ2n) is 5.16. The van der Waals surface area contributed by atoms with E-state index in [4.69, 9.17) is 0 Å². The summed E-state index contributed by atoms with van der Waals surface area (Å²) in [5.74, 6) is -0.496. The molecule has 0 amide bonds. The SMILES string of the molecule is CNC(C)c1cc(F)ccc1N(C)Cc1ccccc1F. The van der Waals surface area contributed by atoms with Crippen LogP contribution in [0.3, 0.4) is 0 Å². The van der Waals surface area contributed by atoms with Gasteiger partial charge in [-0.25, -0.2) is 8.78 Å². The van der Waals surface area contributed by atoms with Crippen molar-refractivity contribution < 1.29 is 8.78 Å². The van der Waals surface area contributed by atoms with Crippen LogP contribution in [0, 0.1) is 11.6 Å². The van der Waals surface area contributed by atoms with Gasteiger partial charge in [0.15, 0.2) is 0 Å². The van der Waals surface area contributed by atoms with Gasteiger partial charge in [0.25, 0.3) is 0 Å². The molecule has 0 radical (unpaired) electrons. The molecule has 2 aromatic rings. The van der Waals surface area contributed by atoms with E-state index in [0.29, 0.717) is 12.1 Å². The van der Waals surface area contributed by atoms with E-state index in [-0.39, 0.29) is 17.7 Å². The van der Waals surface area contributed by atoms with Gasteiger partial charge in [0.1, 0.15) is 11.6 Å². The van der Waals surface area contributed by atoms with Crippen molar-refractivity contribution in [3.63, 3.8) is 0 Å². The lowest BCUT2D eigenvalue weighted by molar-refractivity contribution is 0.601. The lowest BCUT2D eigenvalue weighted by Gasteiger charge is -2.25. The second-order valence-corrected chi connectivity index (χ2v) is 5.16. The Morgan fingerprint density at radius 3 is 2.52 bits per heavy atom. The van der Waals surface area contributed by atoms with Gasteiger partial charge in [-0.15, -0.1) is 0 Å². The van der Waals surface area contributed by atoms with E-state index in [9.17, 15) is 8.78 Å². The first kappa shape index (κ1) is 15.4. The van der Waals surface area contributed by atoms with Crippen molar-refractivity contribution in [1.82, 2.24) is 5.32 Å². The van der Waals surface area contributed by atoms with Gasteiger partial charge in [0.2, 0.25) is 0 Å². The van der Waals surface area contributed by atoms with Gasteiger partial charge in [-0.05, 0) is 43.8 Å². The van der Waals surface area contributed by atoms with Crippen LogP contribution >= 0.6 is 0 Å². The van der Waals surface area contributed by atoms with E-state index >= 15 is 0 Å². The number of rotatable bonds is 5. The summed E-state index contributed by atoms with van der Waals surface area (Å²) in [4.78, 5) is 1.93. The smallest absolute Gasteiger partial charge is 0.128 e. The molecule has 2 aromatic carbocycles. The van der Waals surface area contributed by atoms with Gasteiger partial charge in [-0.1, -0.05) is 18.2 Å². The van der Waals surface area contributed by atoms with Crippen molar-refractivity contribution in [2.45, 2.75) is 19.5 Å². The first-order valence-electron chi connectivity index (χ1n) is 6.94. The molecule has 0 aliphatic rings. The van der Waals surface area contributed by atoms with Crippen LogP contribution < -0.4 is 10.2 Å². The molecule has 0 saturated carbocycles. The predicted molar refractivity (Wildman–Crippen MR) is 82.4 cm³/mol. The zero-order valence-corrected chi connectivity index (χ0v) is 12.5. The zero-order chi connectivity index (χ0) is 15.4. The zero-order valence-electron chi connectivity index (χ0n) is 12.5. The van der Waals surface area contributed by atoms with E-state index in [2.05, 4.69) is 5.32 Å². The Hall–Kier alpha value is -1.94. The van der Waals surface area contributed by atoms with Crippen molar-refractivity contribution in [2.24, 2.45) is 0 Å². The lowest BCUT2D eigenvalue weighted by Crippen LogP contribution is -2.22. The molecule has 21 heavy (non-hydrogen) atoms. The number of anilines is 1. The molecule has 0 heterocycles. The fraction of sp³-hybridized carbons (Fsp3) is 0.294. The highest BCUT2D eigenvalue weighted by atomic mass is 19.1. The maximum atomic E-state index is 13.8. The van der Waals surface area contributed by atoms with Crippen LogP contribution in [0.25, 0.3) is 0 Å². The molecule has 2 nitrogen and oxygen atoms in total. The Bertz CT molecular complexity index is 613. The third-order valence-electron chi connectivity index (χ3n) is 3.67. The molecule has 0 saturated heterocycles. The maximum absolute atomic E-state index is 13.8.